The maximum absolute atomic E-state index is 13.0. The summed E-state index contributed by atoms with van der Waals surface area (Å²) in [6.07, 6.45) is 2.94. The number of rotatable bonds is 5. The summed E-state index contributed by atoms with van der Waals surface area (Å²) >= 11 is 3.23. The molecule has 3 rings (SSSR count). The molecule has 0 unspecified atom stereocenters. The van der Waals surface area contributed by atoms with Crippen LogP contribution in [0.5, 0.6) is 0 Å². The van der Waals surface area contributed by atoms with Crippen LogP contribution in [0.3, 0.4) is 0 Å². The van der Waals surface area contributed by atoms with Gasteiger partial charge in [0.15, 0.2) is 0 Å². The molecule has 1 saturated heterocycles. The highest BCUT2D eigenvalue weighted by Gasteiger charge is 2.26. The summed E-state index contributed by atoms with van der Waals surface area (Å²) < 4.78 is 33.8. The number of hydrogen-bond acceptors (Lipinski definition) is 5. The first-order valence-electron chi connectivity index (χ1n) is 9.12. The Morgan fingerprint density at radius 1 is 1.03 bits per heavy atom. The van der Waals surface area contributed by atoms with E-state index in [9.17, 15) is 18.0 Å². The van der Waals surface area contributed by atoms with Crippen LogP contribution in [0, 0.1) is 0 Å². The molecule has 9 heteroatoms. The average molecular weight is 481 g/mol. The number of benzene rings is 2. The number of carbonyl (C=O) groups excluding carboxylic acids is 2. The largest absolute Gasteiger partial charge is 0.465 e. The van der Waals surface area contributed by atoms with E-state index in [1.165, 1.54) is 31.4 Å². The number of nitrogens with one attached hydrogen (secondary N) is 1. The van der Waals surface area contributed by atoms with Crippen LogP contribution in [0.4, 0.5) is 5.69 Å². The maximum Gasteiger partial charge on any atom is 0.339 e. The SMILES string of the molecule is COC(=O)c1cc(Br)ccc1S(=O)(=O)Nc1ccccc1C(=O)N1CCCCC1. The van der Waals surface area contributed by atoms with Gasteiger partial charge in [0.1, 0.15) is 4.90 Å². The van der Waals surface area contributed by atoms with Crippen molar-refractivity contribution in [2.75, 3.05) is 24.9 Å². The lowest BCUT2D eigenvalue weighted by Gasteiger charge is -2.27. The van der Waals surface area contributed by atoms with E-state index in [2.05, 4.69) is 20.7 Å². The van der Waals surface area contributed by atoms with Gasteiger partial charge in [-0.1, -0.05) is 28.1 Å². The van der Waals surface area contributed by atoms with Crippen LogP contribution in [-0.4, -0.2) is 45.4 Å². The Bertz CT molecular complexity index is 1030. The highest BCUT2D eigenvalue weighted by atomic mass is 79.9. The lowest BCUT2D eigenvalue weighted by molar-refractivity contribution is 0.0595. The number of likely N-dealkylation sites (tertiary alicyclic amines) is 1. The van der Waals surface area contributed by atoms with Crippen LogP contribution in [0.25, 0.3) is 0 Å². The van der Waals surface area contributed by atoms with Gasteiger partial charge in [0.2, 0.25) is 0 Å². The number of carbonyl (C=O) groups is 2. The van der Waals surface area contributed by atoms with Crippen molar-refractivity contribution in [2.45, 2.75) is 24.2 Å². The van der Waals surface area contributed by atoms with Gasteiger partial charge in [0.25, 0.3) is 15.9 Å². The minimum Gasteiger partial charge on any atom is -0.465 e. The van der Waals surface area contributed by atoms with Crippen molar-refractivity contribution in [1.29, 1.82) is 0 Å². The second-order valence-corrected chi connectivity index (χ2v) is 9.20. The zero-order valence-corrected chi connectivity index (χ0v) is 18.3. The molecule has 0 aromatic heterocycles. The van der Waals surface area contributed by atoms with Gasteiger partial charge in [-0.25, -0.2) is 13.2 Å². The van der Waals surface area contributed by atoms with Crippen molar-refractivity contribution in [3.8, 4) is 0 Å². The molecule has 0 aliphatic carbocycles. The topological polar surface area (TPSA) is 92.8 Å². The van der Waals surface area contributed by atoms with Gasteiger partial charge >= 0.3 is 5.97 Å². The highest BCUT2D eigenvalue weighted by molar-refractivity contribution is 9.10. The first-order valence-corrected chi connectivity index (χ1v) is 11.4. The molecule has 29 heavy (non-hydrogen) atoms. The summed E-state index contributed by atoms with van der Waals surface area (Å²) in [6, 6.07) is 10.7. The van der Waals surface area contributed by atoms with Gasteiger partial charge < -0.3 is 9.64 Å². The first kappa shape index (κ1) is 21.3. The number of esters is 1. The number of piperidine rings is 1. The van der Waals surface area contributed by atoms with Crippen LogP contribution < -0.4 is 4.72 Å². The molecule has 154 valence electrons. The van der Waals surface area contributed by atoms with E-state index in [4.69, 9.17) is 4.74 Å². The number of anilines is 1. The Morgan fingerprint density at radius 2 is 1.72 bits per heavy atom. The van der Waals surface area contributed by atoms with Gasteiger partial charge in [0.05, 0.1) is 23.9 Å². The Kier molecular flexibility index (Phi) is 6.59. The van der Waals surface area contributed by atoms with E-state index >= 15 is 0 Å². The zero-order valence-electron chi connectivity index (χ0n) is 15.9. The fourth-order valence-corrected chi connectivity index (χ4v) is 4.85. The summed E-state index contributed by atoms with van der Waals surface area (Å²) in [4.78, 5) is 26.5. The lowest BCUT2D eigenvalue weighted by Crippen LogP contribution is -2.36. The van der Waals surface area contributed by atoms with Crippen molar-refractivity contribution in [2.24, 2.45) is 0 Å². The standard InChI is InChI=1S/C20H21BrN2O5S/c1-28-20(25)16-13-14(21)9-10-18(16)29(26,27)22-17-8-4-3-7-15(17)19(24)23-11-5-2-6-12-23/h3-4,7-10,13,22H,2,5-6,11-12H2,1H3. The van der Waals surface area contributed by atoms with E-state index in [0.717, 1.165) is 19.3 Å². The van der Waals surface area contributed by atoms with E-state index in [0.29, 0.717) is 17.6 Å². The molecule has 0 spiro atoms. The first-order chi connectivity index (χ1) is 13.8. The Hall–Kier alpha value is -2.39. The van der Waals surface area contributed by atoms with Crippen molar-refractivity contribution >= 4 is 43.5 Å². The molecule has 0 saturated carbocycles. The van der Waals surface area contributed by atoms with E-state index in [1.54, 1.807) is 23.1 Å². The van der Waals surface area contributed by atoms with Gasteiger partial charge in [-0.2, -0.15) is 0 Å². The molecular weight excluding hydrogens is 460 g/mol. The van der Waals surface area contributed by atoms with Crippen LogP contribution >= 0.6 is 15.9 Å². The van der Waals surface area contributed by atoms with Crippen LogP contribution in [0.2, 0.25) is 0 Å². The second kappa shape index (κ2) is 8.96. The minimum atomic E-state index is -4.15. The predicted molar refractivity (Wildman–Crippen MR) is 112 cm³/mol. The van der Waals surface area contributed by atoms with Crippen LogP contribution in [-0.2, 0) is 14.8 Å². The summed E-state index contributed by atoms with van der Waals surface area (Å²) in [6.45, 7) is 1.30. The molecule has 1 fully saturated rings. The number of para-hydroxylation sites is 1. The van der Waals surface area contributed by atoms with Crippen LogP contribution in [0.15, 0.2) is 51.8 Å². The molecule has 2 aromatic carbocycles. The van der Waals surface area contributed by atoms with Gasteiger partial charge in [-0.3, -0.25) is 9.52 Å². The van der Waals surface area contributed by atoms with Gasteiger partial charge in [0, 0.05) is 17.6 Å². The summed E-state index contributed by atoms with van der Waals surface area (Å²) in [5, 5.41) is 0. The Labute approximate surface area is 178 Å². The molecular formula is C20H21BrN2O5S. The summed E-state index contributed by atoms with van der Waals surface area (Å²) in [5.74, 6) is -0.989. The smallest absolute Gasteiger partial charge is 0.339 e. The fourth-order valence-electron chi connectivity index (χ4n) is 3.23. The van der Waals surface area contributed by atoms with E-state index in [1.807, 2.05) is 0 Å². The van der Waals surface area contributed by atoms with Gasteiger partial charge in [-0.15, -0.1) is 0 Å². The molecule has 0 radical (unpaired) electrons. The lowest BCUT2D eigenvalue weighted by atomic mass is 10.1. The van der Waals surface area contributed by atoms with Gasteiger partial charge in [-0.05, 0) is 49.6 Å². The predicted octanol–water partition coefficient (Wildman–Crippen LogP) is 3.66. The third-order valence-corrected chi connectivity index (χ3v) is 6.60. The average Bonchev–Trinajstić information content (AvgIpc) is 2.73. The number of sulfonamides is 1. The number of methoxy groups -OCH3 is 1. The molecule has 0 atom stereocenters. The molecule has 1 N–H and O–H groups in total. The van der Waals surface area contributed by atoms with Crippen molar-refractivity contribution in [1.82, 2.24) is 4.90 Å². The molecule has 0 bridgehead atoms. The molecule has 1 aliphatic heterocycles. The highest BCUT2D eigenvalue weighted by Crippen LogP contribution is 2.26. The molecule has 1 amide bonds. The number of ether oxygens (including phenoxy) is 1. The van der Waals surface area contributed by atoms with Crippen molar-refractivity contribution < 1.29 is 22.7 Å². The Morgan fingerprint density at radius 3 is 2.41 bits per heavy atom. The normalized spacial score (nSPS) is 14.3. The minimum absolute atomic E-state index is 0.103. The Balaban J connectivity index is 1.96. The van der Waals surface area contributed by atoms with Crippen molar-refractivity contribution in [3.05, 3.63) is 58.1 Å². The summed E-state index contributed by atoms with van der Waals surface area (Å²) in [7, 11) is -2.96. The quantitative estimate of drug-likeness (QED) is 0.659. The molecule has 1 aliphatic rings. The van der Waals surface area contributed by atoms with E-state index < -0.39 is 16.0 Å². The monoisotopic (exact) mass is 480 g/mol. The third-order valence-electron chi connectivity index (χ3n) is 4.68. The summed E-state index contributed by atoms with van der Waals surface area (Å²) in [5.41, 5.74) is 0.339. The number of amides is 1. The zero-order chi connectivity index (χ0) is 21.0. The van der Waals surface area contributed by atoms with Crippen LogP contribution in [0.1, 0.15) is 40.0 Å². The fraction of sp³-hybridized carbons (Fsp3) is 0.300. The second-order valence-electron chi connectivity index (χ2n) is 6.64. The molecule has 7 nitrogen and oxygen atoms in total. The number of hydrogen-bond donors (Lipinski definition) is 1. The third kappa shape index (κ3) is 4.79. The van der Waals surface area contributed by atoms with E-state index in [-0.39, 0.29) is 27.6 Å². The molecule has 1 heterocycles. The number of halogens is 1. The number of nitrogens with zero attached hydrogens (tertiary/aromatic N) is 1. The molecule has 2 aromatic rings. The van der Waals surface area contributed by atoms with Crippen molar-refractivity contribution in [3.63, 3.8) is 0 Å². The maximum atomic E-state index is 13.0.